The molecule has 0 amide bonds. The molecule has 0 fully saturated rings. The maximum Gasteiger partial charge on any atom is 0.0780 e. The van der Waals surface area contributed by atoms with Crippen LogP contribution in [0.25, 0.3) is 55.4 Å². The van der Waals surface area contributed by atoms with Crippen molar-refractivity contribution in [3.05, 3.63) is 133 Å². The zero-order valence-electron chi connectivity index (χ0n) is 25.2. The molecule has 0 saturated heterocycles. The summed E-state index contributed by atoms with van der Waals surface area (Å²) in [6.07, 6.45) is 7.99. The Morgan fingerprint density at radius 1 is 0.535 bits per heavy atom. The Bertz CT molecular complexity index is 1800. The van der Waals surface area contributed by atoms with Gasteiger partial charge in [0, 0.05) is 22.0 Å². The Morgan fingerprint density at radius 3 is 1.88 bits per heavy atom. The predicted octanol–water partition coefficient (Wildman–Crippen LogP) is 12.1. The van der Waals surface area contributed by atoms with Crippen molar-refractivity contribution >= 4 is 22.5 Å². The highest BCUT2D eigenvalue weighted by Crippen LogP contribution is 2.36. The molecule has 1 heterocycles. The van der Waals surface area contributed by atoms with Gasteiger partial charge in [-0.15, -0.1) is 11.8 Å². The van der Waals surface area contributed by atoms with Crippen LogP contribution in [0.15, 0.2) is 132 Å². The summed E-state index contributed by atoms with van der Waals surface area (Å²) in [5.41, 5.74) is 11.0. The number of unbranched alkanes of at least 4 members (excludes halogenated alkanes) is 2. The van der Waals surface area contributed by atoms with Gasteiger partial charge in [0.2, 0.25) is 0 Å². The number of pyridine rings is 1. The van der Waals surface area contributed by atoms with E-state index in [9.17, 15) is 0 Å². The van der Waals surface area contributed by atoms with Crippen molar-refractivity contribution in [1.82, 2.24) is 4.98 Å². The topological polar surface area (TPSA) is 12.9 Å². The van der Waals surface area contributed by atoms with Crippen molar-refractivity contribution in [2.75, 3.05) is 5.75 Å². The average Bonchev–Trinajstić information content (AvgIpc) is 3.07. The molecule has 0 aliphatic rings. The minimum atomic E-state index is 1.02. The first-order chi connectivity index (χ1) is 21.2. The van der Waals surface area contributed by atoms with E-state index in [1.807, 2.05) is 18.0 Å². The van der Waals surface area contributed by atoms with E-state index < -0.39 is 0 Å². The quantitative estimate of drug-likeness (QED) is 0.112. The first kappa shape index (κ1) is 29.0. The predicted molar refractivity (Wildman–Crippen MR) is 188 cm³/mol. The van der Waals surface area contributed by atoms with Gasteiger partial charge in [-0.25, -0.2) is 0 Å². The third kappa shape index (κ3) is 6.92. The lowest BCUT2D eigenvalue weighted by molar-refractivity contribution is 0.795. The number of thioether (sulfide) groups is 1. The summed E-state index contributed by atoms with van der Waals surface area (Å²) in [6, 6.07) is 44.7. The molecule has 0 spiro atoms. The Balaban J connectivity index is 1.41. The largest absolute Gasteiger partial charge is 0.256 e. The van der Waals surface area contributed by atoms with Crippen LogP contribution in [0, 0.1) is 0 Å². The van der Waals surface area contributed by atoms with Crippen molar-refractivity contribution in [2.45, 2.75) is 50.8 Å². The molecule has 5 aromatic carbocycles. The number of hydrogen-bond donors (Lipinski definition) is 0. The molecule has 0 aliphatic carbocycles. The maximum absolute atomic E-state index is 4.80. The molecular weight excluding hydrogens is 539 g/mol. The molecule has 1 nitrogen and oxygen atoms in total. The summed E-state index contributed by atoms with van der Waals surface area (Å²) in [4.78, 5) is 6.14. The molecule has 0 radical (unpaired) electrons. The van der Waals surface area contributed by atoms with Gasteiger partial charge in [0.15, 0.2) is 0 Å². The standard InChI is InChI=1S/C41H39NS/c1-3-5-10-30-15-17-31(18-16-30)36-27-37(32-19-21-39(22-20-32)43-25-6-4-2)29-38(28-36)34-12-9-13-35(26-34)41-40-14-8-7-11-33(40)23-24-42-41/h7-9,11-24,26-29H,3-6,10,25H2,1-2H3. The van der Waals surface area contributed by atoms with Gasteiger partial charge in [-0.1, -0.05) is 106 Å². The number of benzene rings is 5. The highest BCUT2D eigenvalue weighted by molar-refractivity contribution is 7.99. The SMILES string of the molecule is CCCCSc1ccc(-c2cc(-c3ccc(CCCC)cc3)cc(-c3cccc(-c4nccc5ccccc45)c3)c2)cc1. The average molecular weight is 578 g/mol. The molecule has 0 saturated carbocycles. The van der Waals surface area contributed by atoms with Crippen molar-refractivity contribution in [3.8, 4) is 44.6 Å². The first-order valence-corrected chi connectivity index (χ1v) is 16.6. The fraction of sp³-hybridized carbons (Fsp3) is 0.195. The van der Waals surface area contributed by atoms with Crippen LogP contribution >= 0.6 is 11.8 Å². The van der Waals surface area contributed by atoms with Gasteiger partial charge < -0.3 is 0 Å². The van der Waals surface area contributed by atoms with E-state index >= 15 is 0 Å². The van der Waals surface area contributed by atoms with Crippen molar-refractivity contribution in [1.29, 1.82) is 0 Å². The summed E-state index contributed by atoms with van der Waals surface area (Å²) >= 11 is 1.95. The summed E-state index contributed by atoms with van der Waals surface area (Å²) in [5.74, 6) is 1.17. The van der Waals surface area contributed by atoms with E-state index in [2.05, 4.69) is 135 Å². The fourth-order valence-electron chi connectivity index (χ4n) is 5.65. The Kier molecular flexibility index (Phi) is 9.35. The van der Waals surface area contributed by atoms with Gasteiger partial charge in [0.05, 0.1) is 5.69 Å². The molecule has 214 valence electrons. The second-order valence-electron chi connectivity index (χ2n) is 11.3. The molecule has 1 aromatic heterocycles. The normalized spacial score (nSPS) is 11.2. The highest BCUT2D eigenvalue weighted by Gasteiger charge is 2.11. The van der Waals surface area contributed by atoms with Crippen LogP contribution in [0.1, 0.15) is 45.1 Å². The molecule has 43 heavy (non-hydrogen) atoms. The number of fused-ring (bicyclic) bond motifs is 1. The van der Waals surface area contributed by atoms with Crippen LogP contribution in [0.4, 0.5) is 0 Å². The summed E-state index contributed by atoms with van der Waals surface area (Å²) in [6.45, 7) is 4.50. The molecule has 0 bridgehead atoms. The highest BCUT2D eigenvalue weighted by atomic mass is 32.2. The lowest BCUT2D eigenvalue weighted by Gasteiger charge is -2.13. The molecule has 0 atom stereocenters. The van der Waals surface area contributed by atoms with Crippen LogP contribution in [0.5, 0.6) is 0 Å². The summed E-state index contributed by atoms with van der Waals surface area (Å²) in [5, 5.41) is 2.39. The lowest BCUT2D eigenvalue weighted by atomic mass is 9.92. The smallest absolute Gasteiger partial charge is 0.0780 e. The first-order valence-electron chi connectivity index (χ1n) is 15.6. The Hall–Kier alpha value is -4.14. The minimum absolute atomic E-state index is 1.02. The second kappa shape index (κ2) is 13.9. The zero-order chi connectivity index (χ0) is 29.4. The molecule has 6 rings (SSSR count). The third-order valence-electron chi connectivity index (χ3n) is 8.14. The van der Waals surface area contributed by atoms with Gasteiger partial charge in [-0.05, 0) is 112 Å². The number of rotatable bonds is 11. The number of nitrogens with zero attached hydrogens (tertiary/aromatic N) is 1. The number of aryl methyl sites for hydroxylation is 1. The van der Waals surface area contributed by atoms with Crippen LogP contribution in [0.2, 0.25) is 0 Å². The van der Waals surface area contributed by atoms with Gasteiger partial charge in [0.1, 0.15) is 0 Å². The zero-order valence-corrected chi connectivity index (χ0v) is 26.0. The molecule has 0 N–H and O–H groups in total. The molecule has 0 unspecified atom stereocenters. The Morgan fingerprint density at radius 2 is 1.16 bits per heavy atom. The number of hydrogen-bond acceptors (Lipinski definition) is 2. The van der Waals surface area contributed by atoms with E-state index in [1.165, 1.54) is 86.0 Å². The fourth-order valence-corrected chi connectivity index (χ4v) is 6.64. The van der Waals surface area contributed by atoms with Crippen LogP contribution in [-0.4, -0.2) is 10.7 Å². The van der Waals surface area contributed by atoms with Crippen LogP contribution < -0.4 is 0 Å². The van der Waals surface area contributed by atoms with Crippen molar-refractivity contribution in [3.63, 3.8) is 0 Å². The van der Waals surface area contributed by atoms with Crippen molar-refractivity contribution in [2.24, 2.45) is 0 Å². The molecular formula is C41H39NS. The van der Waals surface area contributed by atoms with Gasteiger partial charge in [-0.3, -0.25) is 4.98 Å². The summed E-state index contributed by atoms with van der Waals surface area (Å²) < 4.78 is 0. The number of aromatic nitrogens is 1. The van der Waals surface area contributed by atoms with E-state index in [0.29, 0.717) is 0 Å². The van der Waals surface area contributed by atoms with Gasteiger partial charge in [0.25, 0.3) is 0 Å². The lowest BCUT2D eigenvalue weighted by Crippen LogP contribution is -1.90. The summed E-state index contributed by atoms with van der Waals surface area (Å²) in [7, 11) is 0. The maximum atomic E-state index is 4.80. The molecule has 2 heteroatoms. The van der Waals surface area contributed by atoms with Gasteiger partial charge in [-0.2, -0.15) is 0 Å². The molecule has 6 aromatic rings. The van der Waals surface area contributed by atoms with Gasteiger partial charge >= 0.3 is 0 Å². The van der Waals surface area contributed by atoms with E-state index in [1.54, 1.807) is 0 Å². The van der Waals surface area contributed by atoms with E-state index in [-0.39, 0.29) is 0 Å². The Labute approximate surface area is 261 Å². The minimum Gasteiger partial charge on any atom is -0.256 e. The van der Waals surface area contributed by atoms with Crippen molar-refractivity contribution < 1.29 is 0 Å². The monoisotopic (exact) mass is 577 g/mol. The third-order valence-corrected chi connectivity index (χ3v) is 9.23. The molecule has 0 aliphatic heterocycles. The second-order valence-corrected chi connectivity index (χ2v) is 12.5. The van der Waals surface area contributed by atoms with Crippen LogP contribution in [0.3, 0.4) is 0 Å². The van der Waals surface area contributed by atoms with E-state index in [4.69, 9.17) is 4.98 Å². The van der Waals surface area contributed by atoms with Crippen LogP contribution in [-0.2, 0) is 6.42 Å². The van der Waals surface area contributed by atoms with E-state index in [0.717, 1.165) is 17.7 Å².